The van der Waals surface area contributed by atoms with Gasteiger partial charge in [0.1, 0.15) is 11.9 Å². The van der Waals surface area contributed by atoms with E-state index in [1.807, 2.05) is 0 Å². The highest BCUT2D eigenvalue weighted by Crippen LogP contribution is 2.37. The number of para-hydroxylation sites is 1. The normalized spacial score (nSPS) is 13.0. The van der Waals surface area contributed by atoms with Gasteiger partial charge in [-0.3, -0.25) is 0 Å². The molecule has 6 heteroatoms. The molecule has 112 valence electrons. The SMILES string of the molecule is COc1ccccc1C(O)c1cc(C(F)(F)F)ccc1Br. The van der Waals surface area contributed by atoms with Crippen molar-refractivity contribution >= 4 is 15.9 Å². The van der Waals surface area contributed by atoms with Crippen molar-refractivity contribution in [2.24, 2.45) is 0 Å². The molecule has 0 bridgehead atoms. The van der Waals surface area contributed by atoms with Crippen molar-refractivity contribution in [2.75, 3.05) is 7.11 Å². The maximum atomic E-state index is 12.8. The van der Waals surface area contributed by atoms with Crippen LogP contribution in [0.1, 0.15) is 22.8 Å². The fourth-order valence-electron chi connectivity index (χ4n) is 1.99. The number of hydrogen-bond donors (Lipinski definition) is 1. The highest BCUT2D eigenvalue weighted by Gasteiger charge is 2.32. The Labute approximate surface area is 128 Å². The molecule has 0 heterocycles. The molecule has 0 saturated heterocycles. The molecule has 2 aromatic rings. The minimum Gasteiger partial charge on any atom is -0.496 e. The summed E-state index contributed by atoms with van der Waals surface area (Å²) >= 11 is 3.17. The van der Waals surface area contributed by atoms with E-state index in [4.69, 9.17) is 4.74 Å². The average Bonchev–Trinajstić information content (AvgIpc) is 2.45. The van der Waals surface area contributed by atoms with Crippen molar-refractivity contribution in [3.63, 3.8) is 0 Å². The van der Waals surface area contributed by atoms with Crippen LogP contribution in [0.5, 0.6) is 5.75 Å². The summed E-state index contributed by atoms with van der Waals surface area (Å²) in [4.78, 5) is 0. The van der Waals surface area contributed by atoms with Gasteiger partial charge in [-0.1, -0.05) is 34.1 Å². The van der Waals surface area contributed by atoms with Crippen LogP contribution >= 0.6 is 15.9 Å². The number of methoxy groups -OCH3 is 1. The lowest BCUT2D eigenvalue weighted by Crippen LogP contribution is -2.08. The van der Waals surface area contributed by atoms with E-state index in [1.54, 1.807) is 24.3 Å². The van der Waals surface area contributed by atoms with E-state index in [2.05, 4.69) is 15.9 Å². The van der Waals surface area contributed by atoms with Crippen LogP contribution in [0.3, 0.4) is 0 Å². The van der Waals surface area contributed by atoms with E-state index in [9.17, 15) is 18.3 Å². The Balaban J connectivity index is 2.50. The van der Waals surface area contributed by atoms with Gasteiger partial charge >= 0.3 is 6.18 Å². The molecule has 0 radical (unpaired) electrons. The number of benzene rings is 2. The fourth-order valence-corrected chi connectivity index (χ4v) is 2.45. The minimum absolute atomic E-state index is 0.134. The van der Waals surface area contributed by atoms with Gasteiger partial charge in [0.15, 0.2) is 0 Å². The van der Waals surface area contributed by atoms with Crippen LogP contribution < -0.4 is 4.74 Å². The monoisotopic (exact) mass is 360 g/mol. The number of halogens is 4. The van der Waals surface area contributed by atoms with Crippen molar-refractivity contribution in [3.05, 3.63) is 63.6 Å². The summed E-state index contributed by atoms with van der Waals surface area (Å²) in [6, 6.07) is 9.82. The zero-order chi connectivity index (χ0) is 15.6. The van der Waals surface area contributed by atoms with Gasteiger partial charge in [-0.05, 0) is 29.8 Å². The Morgan fingerprint density at radius 1 is 1.10 bits per heavy atom. The van der Waals surface area contributed by atoms with E-state index >= 15 is 0 Å². The molecule has 0 fully saturated rings. The molecule has 2 nitrogen and oxygen atoms in total. The first kappa shape index (κ1) is 15.9. The minimum atomic E-state index is -4.46. The van der Waals surface area contributed by atoms with E-state index in [0.717, 1.165) is 12.1 Å². The smallest absolute Gasteiger partial charge is 0.416 e. The van der Waals surface area contributed by atoms with Crippen molar-refractivity contribution < 1.29 is 23.0 Å². The summed E-state index contributed by atoms with van der Waals surface area (Å²) in [6.07, 6.45) is -5.69. The van der Waals surface area contributed by atoms with Crippen molar-refractivity contribution in [1.29, 1.82) is 0 Å². The van der Waals surface area contributed by atoms with Crippen LogP contribution in [0.2, 0.25) is 0 Å². The zero-order valence-electron chi connectivity index (χ0n) is 11.0. The van der Waals surface area contributed by atoms with Crippen LogP contribution in [0.25, 0.3) is 0 Å². The maximum Gasteiger partial charge on any atom is 0.416 e. The third-order valence-electron chi connectivity index (χ3n) is 3.05. The van der Waals surface area contributed by atoms with Crippen LogP contribution in [0.4, 0.5) is 13.2 Å². The molecule has 0 aromatic heterocycles. The zero-order valence-corrected chi connectivity index (χ0v) is 12.6. The van der Waals surface area contributed by atoms with Gasteiger partial charge in [0.25, 0.3) is 0 Å². The summed E-state index contributed by atoms with van der Waals surface area (Å²) in [5.41, 5.74) is -0.274. The molecule has 2 rings (SSSR count). The molecule has 21 heavy (non-hydrogen) atoms. The molecule has 0 aliphatic rings. The summed E-state index contributed by atoms with van der Waals surface area (Å²) in [6.45, 7) is 0. The van der Waals surface area contributed by atoms with Crippen LogP contribution in [-0.2, 0) is 6.18 Å². The number of ether oxygens (including phenoxy) is 1. The molecular weight excluding hydrogens is 349 g/mol. The van der Waals surface area contributed by atoms with E-state index < -0.39 is 17.8 Å². The highest BCUT2D eigenvalue weighted by atomic mass is 79.9. The summed E-state index contributed by atoms with van der Waals surface area (Å²) < 4.78 is 43.9. The number of rotatable bonds is 3. The second kappa shape index (κ2) is 6.07. The molecule has 1 atom stereocenters. The topological polar surface area (TPSA) is 29.5 Å². The maximum absolute atomic E-state index is 12.8. The molecule has 1 unspecified atom stereocenters. The van der Waals surface area contributed by atoms with Gasteiger partial charge in [0.05, 0.1) is 12.7 Å². The Morgan fingerprint density at radius 2 is 1.76 bits per heavy atom. The highest BCUT2D eigenvalue weighted by molar-refractivity contribution is 9.10. The summed E-state index contributed by atoms with van der Waals surface area (Å²) in [5, 5.41) is 10.4. The molecular formula is C15H12BrF3O2. The molecule has 0 spiro atoms. The molecule has 0 amide bonds. The van der Waals surface area contributed by atoms with Gasteiger partial charge in [-0.25, -0.2) is 0 Å². The molecule has 0 aliphatic carbocycles. The lowest BCUT2D eigenvalue weighted by atomic mass is 9.99. The third kappa shape index (κ3) is 3.39. The number of alkyl halides is 3. The second-order valence-corrected chi connectivity index (χ2v) is 5.23. The van der Waals surface area contributed by atoms with Crippen LogP contribution in [0, 0.1) is 0 Å². The number of aliphatic hydroxyl groups is 1. The van der Waals surface area contributed by atoms with Gasteiger partial charge in [-0.15, -0.1) is 0 Å². The van der Waals surface area contributed by atoms with Gasteiger partial charge < -0.3 is 9.84 Å². The van der Waals surface area contributed by atoms with Crippen LogP contribution in [-0.4, -0.2) is 12.2 Å². The Bertz CT molecular complexity index is 641. The lowest BCUT2D eigenvalue weighted by molar-refractivity contribution is -0.137. The Kier molecular flexibility index (Phi) is 4.58. The summed E-state index contributed by atoms with van der Waals surface area (Å²) in [7, 11) is 1.44. The van der Waals surface area contributed by atoms with E-state index in [0.29, 0.717) is 15.8 Å². The first-order valence-corrected chi connectivity index (χ1v) is 6.81. The first-order chi connectivity index (χ1) is 9.84. The molecule has 2 aromatic carbocycles. The van der Waals surface area contributed by atoms with E-state index in [1.165, 1.54) is 13.2 Å². The average molecular weight is 361 g/mol. The van der Waals surface area contributed by atoms with E-state index in [-0.39, 0.29) is 5.56 Å². The first-order valence-electron chi connectivity index (χ1n) is 6.02. The largest absolute Gasteiger partial charge is 0.496 e. The van der Waals surface area contributed by atoms with Gasteiger partial charge in [0, 0.05) is 10.0 Å². The van der Waals surface area contributed by atoms with Crippen molar-refractivity contribution in [1.82, 2.24) is 0 Å². The van der Waals surface area contributed by atoms with Gasteiger partial charge in [-0.2, -0.15) is 13.2 Å². The van der Waals surface area contributed by atoms with Crippen molar-refractivity contribution in [2.45, 2.75) is 12.3 Å². The van der Waals surface area contributed by atoms with Crippen LogP contribution in [0.15, 0.2) is 46.9 Å². The van der Waals surface area contributed by atoms with Gasteiger partial charge in [0.2, 0.25) is 0 Å². The molecule has 0 saturated carbocycles. The number of aliphatic hydroxyl groups excluding tert-OH is 1. The Morgan fingerprint density at radius 3 is 2.38 bits per heavy atom. The predicted molar refractivity (Wildman–Crippen MR) is 76.2 cm³/mol. The van der Waals surface area contributed by atoms with Crippen molar-refractivity contribution in [3.8, 4) is 5.75 Å². The third-order valence-corrected chi connectivity index (χ3v) is 3.77. The second-order valence-electron chi connectivity index (χ2n) is 4.38. The Hall–Kier alpha value is -1.53. The quantitative estimate of drug-likeness (QED) is 0.869. The molecule has 0 aliphatic heterocycles. The molecule has 1 N–H and O–H groups in total. The standard InChI is InChI=1S/C15H12BrF3O2/c1-21-13-5-3-2-4-10(13)14(20)11-8-9(15(17,18)19)6-7-12(11)16/h2-8,14,20H,1H3. The predicted octanol–water partition coefficient (Wildman–Crippen LogP) is 4.56. The summed E-state index contributed by atoms with van der Waals surface area (Å²) in [5.74, 6) is 0.411. The lowest BCUT2D eigenvalue weighted by Gasteiger charge is -2.18. The number of hydrogen-bond acceptors (Lipinski definition) is 2. The fraction of sp³-hybridized carbons (Fsp3) is 0.200.